The highest BCUT2D eigenvalue weighted by molar-refractivity contribution is 14.0. The maximum atomic E-state index is 12.2. The third-order valence-electron chi connectivity index (χ3n) is 5.57. The van der Waals surface area contributed by atoms with Gasteiger partial charge in [-0.1, -0.05) is 19.9 Å². The van der Waals surface area contributed by atoms with Crippen molar-refractivity contribution >= 4 is 41.7 Å². The zero-order valence-electron chi connectivity index (χ0n) is 19.3. The molecule has 2 aliphatic heterocycles. The number of likely N-dealkylation sites (tertiary alicyclic amines) is 1. The highest BCUT2D eigenvalue weighted by Crippen LogP contribution is 2.18. The lowest BCUT2D eigenvalue weighted by Crippen LogP contribution is -2.46. The quantitative estimate of drug-likeness (QED) is 0.336. The number of morpholine rings is 1. The highest BCUT2D eigenvalue weighted by Gasteiger charge is 2.28. The van der Waals surface area contributed by atoms with E-state index in [9.17, 15) is 4.79 Å². The van der Waals surface area contributed by atoms with Gasteiger partial charge in [-0.25, -0.2) is 4.98 Å². The van der Waals surface area contributed by atoms with Gasteiger partial charge in [0.1, 0.15) is 5.82 Å². The van der Waals surface area contributed by atoms with Crippen molar-refractivity contribution in [1.29, 1.82) is 0 Å². The summed E-state index contributed by atoms with van der Waals surface area (Å²) in [5, 5.41) is 6.79. The Morgan fingerprint density at radius 1 is 1.26 bits per heavy atom. The average Bonchev–Trinajstić information content (AvgIpc) is 3.18. The van der Waals surface area contributed by atoms with Gasteiger partial charge in [0.25, 0.3) is 0 Å². The van der Waals surface area contributed by atoms with Crippen LogP contribution < -0.4 is 15.5 Å². The number of carbonyl (C=O) groups excluding carboxylic acids is 1. The number of ether oxygens (including phenoxy) is 1. The lowest BCUT2D eigenvalue weighted by Gasteiger charge is -2.36. The Hall–Kier alpha value is -1.62. The SMILES string of the molecule is CN=C(NCc1ccc(N2CC(C)OC(C)C2)nc1)NC1CCN(C(=O)C(C)C)C1.I. The van der Waals surface area contributed by atoms with Crippen molar-refractivity contribution in [2.45, 2.75) is 58.9 Å². The Balaban J connectivity index is 0.00000341. The summed E-state index contributed by atoms with van der Waals surface area (Å²) < 4.78 is 5.80. The zero-order valence-corrected chi connectivity index (χ0v) is 21.6. The van der Waals surface area contributed by atoms with Crippen molar-refractivity contribution in [2.75, 3.05) is 38.1 Å². The minimum absolute atomic E-state index is 0. The first kappa shape index (κ1) is 25.6. The van der Waals surface area contributed by atoms with Gasteiger partial charge in [-0.3, -0.25) is 9.79 Å². The minimum Gasteiger partial charge on any atom is -0.372 e. The Morgan fingerprint density at radius 2 is 1.97 bits per heavy atom. The summed E-state index contributed by atoms with van der Waals surface area (Å²) in [4.78, 5) is 25.4. The molecule has 8 nitrogen and oxygen atoms in total. The highest BCUT2D eigenvalue weighted by atomic mass is 127. The Labute approximate surface area is 203 Å². The maximum absolute atomic E-state index is 12.2. The number of nitrogens with zero attached hydrogens (tertiary/aromatic N) is 4. The van der Waals surface area contributed by atoms with E-state index >= 15 is 0 Å². The molecule has 0 radical (unpaired) electrons. The molecular weight excluding hydrogens is 507 g/mol. The van der Waals surface area contributed by atoms with Gasteiger partial charge in [-0.15, -0.1) is 24.0 Å². The van der Waals surface area contributed by atoms with E-state index in [-0.39, 0.29) is 54.1 Å². The van der Waals surface area contributed by atoms with E-state index in [1.807, 2.05) is 24.9 Å². The van der Waals surface area contributed by atoms with Crippen molar-refractivity contribution in [2.24, 2.45) is 10.9 Å². The number of aliphatic imine (C=N–C) groups is 1. The summed E-state index contributed by atoms with van der Waals surface area (Å²) in [5.41, 5.74) is 1.10. The molecule has 0 spiro atoms. The van der Waals surface area contributed by atoms with Gasteiger partial charge >= 0.3 is 0 Å². The number of nitrogens with one attached hydrogen (secondary N) is 2. The van der Waals surface area contributed by atoms with Gasteiger partial charge in [0.15, 0.2) is 5.96 Å². The summed E-state index contributed by atoms with van der Waals surface area (Å²) in [6.07, 6.45) is 3.28. The van der Waals surface area contributed by atoms with Gasteiger partial charge < -0.3 is 25.2 Å². The fourth-order valence-corrected chi connectivity index (χ4v) is 4.09. The average molecular weight is 544 g/mol. The van der Waals surface area contributed by atoms with Gasteiger partial charge in [-0.05, 0) is 31.9 Å². The lowest BCUT2D eigenvalue weighted by molar-refractivity contribution is -0.133. The van der Waals surface area contributed by atoms with Crippen molar-refractivity contribution in [1.82, 2.24) is 20.5 Å². The number of guanidine groups is 1. The van der Waals surface area contributed by atoms with Gasteiger partial charge in [0.05, 0.1) is 12.2 Å². The Morgan fingerprint density at radius 3 is 2.55 bits per heavy atom. The normalized spacial score (nSPS) is 24.2. The molecule has 3 rings (SSSR count). The number of hydrogen-bond acceptors (Lipinski definition) is 5. The van der Waals surface area contributed by atoms with Crippen molar-refractivity contribution < 1.29 is 9.53 Å². The van der Waals surface area contributed by atoms with E-state index in [2.05, 4.69) is 51.5 Å². The maximum Gasteiger partial charge on any atom is 0.225 e. The summed E-state index contributed by atoms with van der Waals surface area (Å²) in [6.45, 7) is 12.0. The van der Waals surface area contributed by atoms with Crippen LogP contribution in [0.2, 0.25) is 0 Å². The number of aromatic nitrogens is 1. The van der Waals surface area contributed by atoms with Crippen LogP contribution in [0.3, 0.4) is 0 Å². The van der Waals surface area contributed by atoms with Gasteiger partial charge in [-0.2, -0.15) is 0 Å². The standard InChI is InChI=1S/C22H36N6O2.HI/c1-15(2)21(29)27-9-8-19(14-27)26-22(23-5)25-11-18-6-7-20(24-10-18)28-12-16(3)30-17(4)13-28;/h6-7,10,15-17,19H,8-9,11-14H2,1-5H3,(H2,23,25,26);1H. The van der Waals surface area contributed by atoms with Crippen LogP contribution >= 0.6 is 24.0 Å². The van der Waals surface area contributed by atoms with E-state index in [4.69, 9.17) is 4.74 Å². The van der Waals surface area contributed by atoms with Crippen molar-refractivity contribution in [3.05, 3.63) is 23.9 Å². The fourth-order valence-electron chi connectivity index (χ4n) is 4.09. The van der Waals surface area contributed by atoms with Gasteiger partial charge in [0.2, 0.25) is 5.91 Å². The molecule has 31 heavy (non-hydrogen) atoms. The molecule has 3 atom stereocenters. The van der Waals surface area contributed by atoms with Crippen LogP contribution in [0.25, 0.3) is 0 Å². The number of carbonyl (C=O) groups is 1. The minimum atomic E-state index is 0. The number of amides is 1. The second kappa shape index (κ2) is 11.8. The number of halogens is 1. The number of anilines is 1. The third kappa shape index (κ3) is 7.20. The number of pyridine rings is 1. The largest absolute Gasteiger partial charge is 0.372 e. The second-order valence-electron chi connectivity index (χ2n) is 8.68. The molecule has 3 heterocycles. The Kier molecular flexibility index (Phi) is 9.80. The molecule has 9 heteroatoms. The lowest BCUT2D eigenvalue weighted by atomic mass is 10.2. The van der Waals surface area contributed by atoms with Gasteiger partial charge in [0, 0.05) is 57.9 Å². The summed E-state index contributed by atoms with van der Waals surface area (Å²) in [5.74, 6) is 2.00. The van der Waals surface area contributed by atoms with Crippen LogP contribution in [0, 0.1) is 5.92 Å². The molecule has 1 amide bonds. The van der Waals surface area contributed by atoms with E-state index in [0.717, 1.165) is 49.9 Å². The molecule has 0 bridgehead atoms. The second-order valence-corrected chi connectivity index (χ2v) is 8.68. The first-order valence-corrected chi connectivity index (χ1v) is 11.0. The molecule has 1 aromatic rings. The van der Waals surface area contributed by atoms with Crippen LogP contribution in [-0.4, -0.2) is 73.2 Å². The zero-order chi connectivity index (χ0) is 21.7. The van der Waals surface area contributed by atoms with E-state index in [1.165, 1.54) is 0 Å². The van der Waals surface area contributed by atoms with Crippen LogP contribution in [-0.2, 0) is 16.1 Å². The molecule has 0 saturated carbocycles. The molecule has 2 saturated heterocycles. The van der Waals surface area contributed by atoms with Crippen LogP contribution in [0.4, 0.5) is 5.82 Å². The van der Waals surface area contributed by atoms with Crippen LogP contribution in [0.5, 0.6) is 0 Å². The van der Waals surface area contributed by atoms with E-state index < -0.39 is 0 Å². The first-order valence-electron chi connectivity index (χ1n) is 11.0. The molecular formula is C22H37IN6O2. The van der Waals surface area contributed by atoms with E-state index in [0.29, 0.717) is 6.54 Å². The monoisotopic (exact) mass is 544 g/mol. The summed E-state index contributed by atoms with van der Waals surface area (Å²) >= 11 is 0. The van der Waals surface area contributed by atoms with Crippen molar-refractivity contribution in [3.63, 3.8) is 0 Å². The number of hydrogen-bond donors (Lipinski definition) is 2. The molecule has 2 N–H and O–H groups in total. The molecule has 0 aliphatic carbocycles. The smallest absolute Gasteiger partial charge is 0.225 e. The predicted octanol–water partition coefficient (Wildman–Crippen LogP) is 2.24. The molecule has 1 aromatic heterocycles. The predicted molar refractivity (Wildman–Crippen MR) is 135 cm³/mol. The fraction of sp³-hybridized carbons (Fsp3) is 0.682. The topological polar surface area (TPSA) is 82.1 Å². The third-order valence-corrected chi connectivity index (χ3v) is 5.57. The number of rotatable bonds is 5. The van der Waals surface area contributed by atoms with Crippen molar-refractivity contribution in [3.8, 4) is 0 Å². The first-order chi connectivity index (χ1) is 14.4. The van der Waals surface area contributed by atoms with Crippen LogP contribution in [0.15, 0.2) is 23.3 Å². The summed E-state index contributed by atoms with van der Waals surface area (Å²) in [6, 6.07) is 4.40. The van der Waals surface area contributed by atoms with E-state index in [1.54, 1.807) is 7.05 Å². The summed E-state index contributed by atoms with van der Waals surface area (Å²) in [7, 11) is 1.77. The molecule has 174 valence electrons. The molecule has 0 aromatic carbocycles. The molecule has 2 fully saturated rings. The molecule has 2 aliphatic rings. The Bertz CT molecular complexity index is 732. The van der Waals surface area contributed by atoms with Crippen LogP contribution in [0.1, 0.15) is 39.7 Å². The molecule has 3 unspecified atom stereocenters.